The van der Waals surface area contributed by atoms with Crippen molar-refractivity contribution in [1.82, 2.24) is 9.55 Å². The molecule has 0 spiro atoms. The second-order valence-corrected chi connectivity index (χ2v) is 8.35. The topological polar surface area (TPSA) is 64.0 Å². The summed E-state index contributed by atoms with van der Waals surface area (Å²) < 4.78 is 2.45. The van der Waals surface area contributed by atoms with Crippen LogP contribution in [0.25, 0.3) is 10.9 Å². The number of amides is 1. The number of hydrogen-bond acceptors (Lipinski definition) is 4. The summed E-state index contributed by atoms with van der Waals surface area (Å²) in [5.41, 5.74) is 2.02. The first kappa shape index (κ1) is 20.6. The number of nitrogens with one attached hydrogen (secondary N) is 1. The van der Waals surface area contributed by atoms with Gasteiger partial charge in [0.05, 0.1) is 16.7 Å². The van der Waals surface area contributed by atoms with Crippen molar-refractivity contribution in [2.24, 2.45) is 0 Å². The zero-order valence-electron chi connectivity index (χ0n) is 15.0. The first-order valence-electron chi connectivity index (χ1n) is 8.39. The molecular formula is C20H17BrClN3O2S. The van der Waals surface area contributed by atoms with E-state index in [1.165, 1.54) is 16.3 Å². The number of rotatable bonds is 6. The molecule has 0 aliphatic heterocycles. The third-order valence-electron chi connectivity index (χ3n) is 3.99. The molecule has 3 aromatic rings. The number of allylic oxidation sites excluding steroid dienone is 1. The fourth-order valence-corrected chi connectivity index (χ4v) is 4.11. The highest BCUT2D eigenvalue weighted by atomic mass is 79.9. The lowest BCUT2D eigenvalue weighted by molar-refractivity contribution is -0.113. The van der Waals surface area contributed by atoms with Gasteiger partial charge >= 0.3 is 0 Å². The number of nitrogens with zero attached hydrogens (tertiary/aromatic N) is 2. The number of benzene rings is 2. The summed E-state index contributed by atoms with van der Waals surface area (Å²) in [4.78, 5) is 29.7. The highest BCUT2D eigenvalue weighted by molar-refractivity contribution is 9.10. The van der Waals surface area contributed by atoms with Gasteiger partial charge in [-0.25, -0.2) is 4.98 Å². The van der Waals surface area contributed by atoms with Gasteiger partial charge in [0.1, 0.15) is 0 Å². The Morgan fingerprint density at radius 1 is 1.36 bits per heavy atom. The quantitative estimate of drug-likeness (QED) is 0.306. The van der Waals surface area contributed by atoms with Gasteiger partial charge in [-0.15, -0.1) is 6.58 Å². The third-order valence-corrected chi connectivity index (χ3v) is 5.69. The Kier molecular flexibility index (Phi) is 6.59. The van der Waals surface area contributed by atoms with Crippen LogP contribution in [0.1, 0.15) is 5.56 Å². The number of carbonyl (C=O) groups is 1. The molecule has 3 rings (SSSR count). The number of aromatic nitrogens is 2. The highest BCUT2D eigenvalue weighted by Crippen LogP contribution is 2.23. The Morgan fingerprint density at radius 2 is 2.14 bits per heavy atom. The normalized spacial score (nSPS) is 10.8. The molecular weight excluding hydrogens is 462 g/mol. The number of halogens is 2. The van der Waals surface area contributed by atoms with Crippen LogP contribution in [0.4, 0.5) is 5.69 Å². The molecule has 0 saturated carbocycles. The zero-order chi connectivity index (χ0) is 20.3. The molecule has 5 nitrogen and oxygen atoms in total. The third kappa shape index (κ3) is 4.66. The SMILES string of the molecule is C=CCn1c(SCC(=O)Nc2ccc(Br)cc2C)nc2cc(Cl)ccc2c1=O. The number of aryl methyl sites for hydroxylation is 1. The Bertz CT molecular complexity index is 1130. The van der Waals surface area contributed by atoms with E-state index >= 15 is 0 Å². The molecule has 1 N–H and O–H groups in total. The first-order chi connectivity index (χ1) is 13.4. The Labute approximate surface area is 179 Å². The first-order valence-corrected chi connectivity index (χ1v) is 10.5. The molecule has 0 aliphatic rings. The van der Waals surface area contributed by atoms with Gasteiger partial charge in [-0.05, 0) is 48.9 Å². The number of thioether (sulfide) groups is 1. The molecule has 0 radical (unpaired) electrons. The lowest BCUT2D eigenvalue weighted by atomic mass is 10.2. The zero-order valence-corrected chi connectivity index (χ0v) is 18.2. The standard InChI is InChI=1S/C20H17BrClN3O2S/c1-3-8-25-19(27)15-6-5-14(22)10-17(15)24-20(25)28-11-18(26)23-16-7-4-13(21)9-12(16)2/h3-7,9-10H,1,8,11H2,2H3,(H,23,26). The summed E-state index contributed by atoms with van der Waals surface area (Å²) in [6.07, 6.45) is 1.63. The van der Waals surface area contributed by atoms with Crippen molar-refractivity contribution in [2.45, 2.75) is 18.6 Å². The summed E-state index contributed by atoms with van der Waals surface area (Å²) in [5.74, 6) is -0.0634. The van der Waals surface area contributed by atoms with Crippen LogP contribution in [0.3, 0.4) is 0 Å². The van der Waals surface area contributed by atoms with Gasteiger partial charge < -0.3 is 5.32 Å². The fourth-order valence-electron chi connectivity index (χ4n) is 2.66. The van der Waals surface area contributed by atoms with Crippen LogP contribution in [0, 0.1) is 6.92 Å². The average molecular weight is 479 g/mol. The summed E-state index contributed by atoms with van der Waals surface area (Å²) in [6, 6.07) is 10.6. The summed E-state index contributed by atoms with van der Waals surface area (Å²) in [7, 11) is 0. The van der Waals surface area contributed by atoms with Crippen molar-refractivity contribution < 1.29 is 4.79 Å². The number of anilines is 1. The molecule has 1 amide bonds. The second-order valence-electron chi connectivity index (χ2n) is 6.06. The maximum absolute atomic E-state index is 12.8. The maximum atomic E-state index is 12.8. The van der Waals surface area contributed by atoms with Crippen LogP contribution in [0.5, 0.6) is 0 Å². The summed E-state index contributed by atoms with van der Waals surface area (Å²) >= 11 is 10.6. The Morgan fingerprint density at radius 3 is 2.86 bits per heavy atom. The molecule has 0 aliphatic carbocycles. The lowest BCUT2D eigenvalue weighted by Crippen LogP contribution is -2.24. The van der Waals surface area contributed by atoms with Gasteiger partial charge in [-0.2, -0.15) is 0 Å². The molecule has 28 heavy (non-hydrogen) atoms. The van der Waals surface area contributed by atoms with E-state index in [4.69, 9.17) is 11.6 Å². The van der Waals surface area contributed by atoms with Crippen molar-refractivity contribution in [3.8, 4) is 0 Å². The minimum Gasteiger partial charge on any atom is -0.325 e. The van der Waals surface area contributed by atoms with Gasteiger partial charge in [-0.1, -0.05) is 45.4 Å². The number of hydrogen-bond donors (Lipinski definition) is 1. The van der Waals surface area contributed by atoms with E-state index in [1.807, 2.05) is 25.1 Å². The van der Waals surface area contributed by atoms with E-state index < -0.39 is 0 Å². The van der Waals surface area contributed by atoms with Crippen LogP contribution < -0.4 is 10.9 Å². The van der Waals surface area contributed by atoms with Gasteiger partial charge in [-0.3, -0.25) is 14.2 Å². The molecule has 0 bridgehead atoms. The molecule has 1 heterocycles. The predicted octanol–water partition coefficient (Wildman–Crippen LogP) is 5.04. The number of carbonyl (C=O) groups excluding carboxylic acids is 1. The molecule has 2 aromatic carbocycles. The number of fused-ring (bicyclic) bond motifs is 1. The fraction of sp³-hybridized carbons (Fsp3) is 0.150. The lowest BCUT2D eigenvalue weighted by Gasteiger charge is -2.12. The smallest absolute Gasteiger partial charge is 0.262 e. The van der Waals surface area contributed by atoms with E-state index in [-0.39, 0.29) is 17.2 Å². The molecule has 8 heteroatoms. The average Bonchev–Trinajstić information content (AvgIpc) is 2.65. The van der Waals surface area contributed by atoms with Crippen LogP contribution in [-0.4, -0.2) is 21.2 Å². The van der Waals surface area contributed by atoms with Crippen LogP contribution in [-0.2, 0) is 11.3 Å². The van der Waals surface area contributed by atoms with Crippen LogP contribution in [0.15, 0.2) is 63.5 Å². The van der Waals surface area contributed by atoms with Gasteiger partial charge in [0.25, 0.3) is 5.56 Å². The van der Waals surface area contributed by atoms with E-state index in [2.05, 4.69) is 32.8 Å². The Balaban J connectivity index is 1.84. The van der Waals surface area contributed by atoms with Crippen LogP contribution in [0.2, 0.25) is 5.02 Å². The molecule has 0 saturated heterocycles. The van der Waals surface area contributed by atoms with Crippen LogP contribution >= 0.6 is 39.3 Å². The van der Waals surface area contributed by atoms with E-state index in [0.29, 0.717) is 27.6 Å². The van der Waals surface area contributed by atoms with Crippen molar-refractivity contribution in [3.05, 3.63) is 74.5 Å². The molecule has 1 aromatic heterocycles. The van der Waals surface area contributed by atoms with Gasteiger partial charge in [0.15, 0.2) is 5.16 Å². The van der Waals surface area contributed by atoms with Crippen molar-refractivity contribution in [2.75, 3.05) is 11.1 Å². The van der Waals surface area contributed by atoms with Gasteiger partial charge in [0, 0.05) is 21.7 Å². The summed E-state index contributed by atoms with van der Waals surface area (Å²) in [6.45, 7) is 5.93. The predicted molar refractivity (Wildman–Crippen MR) is 119 cm³/mol. The molecule has 0 unspecified atom stereocenters. The minimum atomic E-state index is -0.187. The van der Waals surface area contributed by atoms with E-state index in [9.17, 15) is 9.59 Å². The maximum Gasteiger partial charge on any atom is 0.262 e. The second kappa shape index (κ2) is 8.94. The van der Waals surface area contributed by atoms with Crippen molar-refractivity contribution in [3.63, 3.8) is 0 Å². The minimum absolute atomic E-state index is 0.116. The Hall–Kier alpha value is -2.09. The van der Waals surface area contributed by atoms with Crippen molar-refractivity contribution in [1.29, 1.82) is 0 Å². The van der Waals surface area contributed by atoms with E-state index in [0.717, 1.165) is 15.7 Å². The van der Waals surface area contributed by atoms with Crippen molar-refractivity contribution >= 4 is 61.8 Å². The largest absolute Gasteiger partial charge is 0.325 e. The monoisotopic (exact) mass is 477 g/mol. The molecule has 144 valence electrons. The van der Waals surface area contributed by atoms with Gasteiger partial charge in [0.2, 0.25) is 5.91 Å². The highest BCUT2D eigenvalue weighted by Gasteiger charge is 2.13. The molecule has 0 fully saturated rings. The van der Waals surface area contributed by atoms with E-state index in [1.54, 1.807) is 24.3 Å². The molecule has 0 atom stereocenters. The summed E-state index contributed by atoms with van der Waals surface area (Å²) in [5, 5.41) is 4.31.